The van der Waals surface area contributed by atoms with Gasteiger partial charge in [0.15, 0.2) is 0 Å². The molecule has 0 bridgehead atoms. The summed E-state index contributed by atoms with van der Waals surface area (Å²) in [6.45, 7) is 5.68. The Morgan fingerprint density at radius 1 is 1.47 bits per heavy atom. The molecule has 15 heavy (non-hydrogen) atoms. The number of rotatable bonds is 3. The van der Waals surface area contributed by atoms with Gasteiger partial charge >= 0.3 is 0 Å². The Morgan fingerprint density at radius 2 is 2.27 bits per heavy atom. The highest BCUT2D eigenvalue weighted by Crippen LogP contribution is 2.33. The van der Waals surface area contributed by atoms with Crippen LogP contribution in [0.15, 0.2) is 18.2 Å². The minimum Gasteiger partial charge on any atom is -0.497 e. The monoisotopic (exact) mass is 205 g/mol. The Morgan fingerprint density at radius 3 is 2.93 bits per heavy atom. The second-order valence-corrected chi connectivity index (χ2v) is 4.20. The summed E-state index contributed by atoms with van der Waals surface area (Å²) in [4.78, 5) is 2.48. The van der Waals surface area contributed by atoms with E-state index in [-0.39, 0.29) is 0 Å². The van der Waals surface area contributed by atoms with Crippen molar-refractivity contribution in [2.24, 2.45) is 0 Å². The molecule has 2 rings (SSSR count). The molecule has 0 saturated carbocycles. The predicted molar refractivity (Wildman–Crippen MR) is 63.8 cm³/mol. The number of anilines is 1. The summed E-state index contributed by atoms with van der Waals surface area (Å²) in [5, 5.41) is 0. The van der Waals surface area contributed by atoms with E-state index in [1.807, 2.05) is 0 Å². The van der Waals surface area contributed by atoms with Crippen LogP contribution in [-0.2, 0) is 6.42 Å². The third-order valence-electron chi connectivity index (χ3n) is 3.35. The zero-order valence-corrected chi connectivity index (χ0v) is 9.79. The molecule has 1 heterocycles. The van der Waals surface area contributed by atoms with Crippen LogP contribution in [0.1, 0.15) is 25.8 Å². The molecular weight excluding hydrogens is 186 g/mol. The van der Waals surface area contributed by atoms with Crippen LogP contribution < -0.4 is 9.64 Å². The molecule has 0 fully saturated rings. The van der Waals surface area contributed by atoms with Crippen LogP contribution in [0, 0.1) is 0 Å². The highest BCUT2D eigenvalue weighted by atomic mass is 16.5. The highest BCUT2D eigenvalue weighted by Gasteiger charge is 2.22. The van der Waals surface area contributed by atoms with Gasteiger partial charge in [0.05, 0.1) is 7.11 Å². The Hall–Kier alpha value is -1.18. The molecule has 0 spiro atoms. The fourth-order valence-electron chi connectivity index (χ4n) is 2.19. The van der Waals surface area contributed by atoms with Crippen molar-refractivity contribution in [1.82, 2.24) is 0 Å². The van der Waals surface area contributed by atoms with Crippen LogP contribution in [0.2, 0.25) is 0 Å². The van der Waals surface area contributed by atoms with Gasteiger partial charge in [0, 0.05) is 24.3 Å². The molecule has 1 aromatic carbocycles. The van der Waals surface area contributed by atoms with Crippen LogP contribution in [0.4, 0.5) is 5.69 Å². The van der Waals surface area contributed by atoms with Crippen molar-refractivity contribution >= 4 is 5.69 Å². The van der Waals surface area contributed by atoms with E-state index in [0.717, 1.165) is 12.3 Å². The van der Waals surface area contributed by atoms with E-state index in [4.69, 9.17) is 4.74 Å². The van der Waals surface area contributed by atoms with Gasteiger partial charge in [0.1, 0.15) is 5.75 Å². The van der Waals surface area contributed by atoms with Crippen LogP contribution in [0.25, 0.3) is 0 Å². The lowest BCUT2D eigenvalue weighted by Crippen LogP contribution is -2.30. The molecule has 2 heteroatoms. The van der Waals surface area contributed by atoms with Crippen LogP contribution >= 0.6 is 0 Å². The van der Waals surface area contributed by atoms with E-state index in [2.05, 4.69) is 36.9 Å². The summed E-state index contributed by atoms with van der Waals surface area (Å²) in [6.07, 6.45) is 2.36. The largest absolute Gasteiger partial charge is 0.497 e. The van der Waals surface area contributed by atoms with Crippen molar-refractivity contribution in [2.75, 3.05) is 18.6 Å². The van der Waals surface area contributed by atoms with Gasteiger partial charge in [-0.3, -0.25) is 0 Å². The molecule has 0 N–H and O–H groups in total. The second kappa shape index (κ2) is 4.13. The van der Waals surface area contributed by atoms with E-state index < -0.39 is 0 Å². The lowest BCUT2D eigenvalue weighted by Gasteiger charge is -2.26. The number of hydrogen-bond donors (Lipinski definition) is 0. The Kier molecular flexibility index (Phi) is 2.85. The molecule has 0 aliphatic carbocycles. The predicted octanol–water partition coefficient (Wildman–Crippen LogP) is 2.86. The van der Waals surface area contributed by atoms with Crippen molar-refractivity contribution in [3.8, 4) is 5.75 Å². The summed E-state index contributed by atoms with van der Waals surface area (Å²) in [7, 11) is 1.73. The van der Waals surface area contributed by atoms with Crippen molar-refractivity contribution in [3.63, 3.8) is 0 Å². The van der Waals surface area contributed by atoms with E-state index >= 15 is 0 Å². The first-order valence-corrected chi connectivity index (χ1v) is 5.69. The molecule has 0 radical (unpaired) electrons. The fraction of sp³-hybridized carbons (Fsp3) is 0.538. The molecule has 82 valence electrons. The molecule has 2 nitrogen and oxygen atoms in total. The topological polar surface area (TPSA) is 12.5 Å². The van der Waals surface area contributed by atoms with Gasteiger partial charge in [-0.2, -0.15) is 0 Å². The first-order valence-electron chi connectivity index (χ1n) is 5.69. The van der Waals surface area contributed by atoms with Gasteiger partial charge in [0.2, 0.25) is 0 Å². The van der Waals surface area contributed by atoms with E-state index in [1.54, 1.807) is 7.11 Å². The fourth-order valence-corrected chi connectivity index (χ4v) is 2.19. The SMILES string of the molecule is CCC(C)N1CCc2ccc(OC)cc21. The number of methoxy groups -OCH3 is 1. The Bertz CT molecular complexity index is 348. The second-order valence-electron chi connectivity index (χ2n) is 4.20. The molecule has 1 atom stereocenters. The minimum absolute atomic E-state index is 0.623. The number of nitrogens with zero attached hydrogens (tertiary/aromatic N) is 1. The maximum Gasteiger partial charge on any atom is 0.120 e. The number of ether oxygens (including phenoxy) is 1. The summed E-state index contributed by atoms with van der Waals surface area (Å²) >= 11 is 0. The number of fused-ring (bicyclic) bond motifs is 1. The minimum atomic E-state index is 0.623. The molecule has 0 saturated heterocycles. The first-order chi connectivity index (χ1) is 7.26. The smallest absolute Gasteiger partial charge is 0.120 e. The van der Waals surface area contributed by atoms with Crippen LogP contribution in [0.3, 0.4) is 0 Å². The average molecular weight is 205 g/mol. The standard InChI is InChI=1S/C13H19NO/c1-4-10(2)14-8-7-11-5-6-12(15-3)9-13(11)14/h5-6,9-10H,4,7-8H2,1-3H3. The molecule has 1 aliphatic heterocycles. The van der Waals surface area contributed by atoms with E-state index in [1.165, 1.54) is 24.1 Å². The van der Waals surface area contributed by atoms with Gasteiger partial charge in [-0.15, -0.1) is 0 Å². The van der Waals surface area contributed by atoms with E-state index in [9.17, 15) is 0 Å². The summed E-state index contributed by atoms with van der Waals surface area (Å²) in [6, 6.07) is 7.03. The van der Waals surface area contributed by atoms with Crippen LogP contribution in [0.5, 0.6) is 5.75 Å². The molecule has 1 aliphatic rings. The molecule has 0 amide bonds. The lowest BCUT2D eigenvalue weighted by atomic mass is 10.1. The van der Waals surface area contributed by atoms with Gasteiger partial charge in [-0.1, -0.05) is 13.0 Å². The molecule has 0 aromatic heterocycles. The van der Waals surface area contributed by atoms with Gasteiger partial charge in [0.25, 0.3) is 0 Å². The molecule has 1 aromatic rings. The van der Waals surface area contributed by atoms with Crippen molar-refractivity contribution in [1.29, 1.82) is 0 Å². The van der Waals surface area contributed by atoms with Gasteiger partial charge in [-0.25, -0.2) is 0 Å². The zero-order valence-electron chi connectivity index (χ0n) is 9.79. The Balaban J connectivity index is 2.31. The van der Waals surface area contributed by atoms with Crippen molar-refractivity contribution in [3.05, 3.63) is 23.8 Å². The van der Waals surface area contributed by atoms with E-state index in [0.29, 0.717) is 6.04 Å². The average Bonchev–Trinajstić information content (AvgIpc) is 2.70. The highest BCUT2D eigenvalue weighted by molar-refractivity contribution is 5.61. The third-order valence-corrected chi connectivity index (χ3v) is 3.35. The number of benzene rings is 1. The first kappa shape index (κ1) is 10.3. The summed E-state index contributed by atoms with van der Waals surface area (Å²) < 4.78 is 5.27. The number of hydrogen-bond acceptors (Lipinski definition) is 2. The normalized spacial score (nSPS) is 16.3. The molecular formula is C13H19NO. The van der Waals surface area contributed by atoms with Gasteiger partial charge < -0.3 is 9.64 Å². The maximum absolute atomic E-state index is 5.27. The van der Waals surface area contributed by atoms with Crippen LogP contribution in [-0.4, -0.2) is 19.7 Å². The van der Waals surface area contributed by atoms with Gasteiger partial charge in [-0.05, 0) is 31.4 Å². The van der Waals surface area contributed by atoms with Crippen molar-refractivity contribution in [2.45, 2.75) is 32.7 Å². The maximum atomic E-state index is 5.27. The zero-order chi connectivity index (χ0) is 10.8. The third kappa shape index (κ3) is 1.81. The lowest BCUT2D eigenvalue weighted by molar-refractivity contribution is 0.414. The summed E-state index contributed by atoms with van der Waals surface area (Å²) in [5.41, 5.74) is 2.82. The summed E-state index contributed by atoms with van der Waals surface area (Å²) in [5.74, 6) is 0.962. The Labute approximate surface area is 91.9 Å². The van der Waals surface area contributed by atoms with Crippen molar-refractivity contribution < 1.29 is 4.74 Å². The quantitative estimate of drug-likeness (QED) is 0.752. The molecule has 1 unspecified atom stereocenters.